The molecule has 0 aromatic heterocycles. The van der Waals surface area contributed by atoms with E-state index >= 15 is 0 Å². The quantitative estimate of drug-likeness (QED) is 0.764. The van der Waals surface area contributed by atoms with Crippen molar-refractivity contribution < 1.29 is 4.74 Å². The number of rotatable bonds is 5. The summed E-state index contributed by atoms with van der Waals surface area (Å²) in [6.07, 6.45) is 1.02. The molecule has 3 nitrogen and oxygen atoms in total. The van der Waals surface area contributed by atoms with Gasteiger partial charge in [0.15, 0.2) is 0 Å². The minimum Gasteiger partial charge on any atom is -0.497 e. The lowest BCUT2D eigenvalue weighted by Crippen LogP contribution is -2.45. The van der Waals surface area contributed by atoms with Gasteiger partial charge in [0.25, 0.3) is 0 Å². The van der Waals surface area contributed by atoms with Crippen LogP contribution < -0.4 is 10.1 Å². The number of hydrogen-bond donors (Lipinski definition) is 1. The van der Waals surface area contributed by atoms with Crippen molar-refractivity contribution in [3.63, 3.8) is 0 Å². The number of methoxy groups -OCH3 is 1. The van der Waals surface area contributed by atoms with Crippen LogP contribution in [0, 0.1) is 0 Å². The molecule has 3 rings (SSSR count). The zero-order valence-corrected chi connectivity index (χ0v) is 16.6. The molecule has 138 valence electrons. The number of ether oxygens (including phenoxy) is 1. The molecule has 1 atom stereocenters. The highest BCUT2D eigenvalue weighted by Gasteiger charge is 2.22. The minimum atomic E-state index is 0. The molecule has 0 unspecified atom stereocenters. The zero-order valence-electron chi connectivity index (χ0n) is 15.0. The van der Waals surface area contributed by atoms with Crippen molar-refractivity contribution in [2.24, 2.45) is 0 Å². The number of piperazine rings is 1. The molecule has 0 spiro atoms. The predicted molar refractivity (Wildman–Crippen MR) is 112 cm³/mol. The molecular weight excluding hydrogens is 355 g/mol. The molecule has 1 fully saturated rings. The maximum absolute atomic E-state index is 5.32. The van der Waals surface area contributed by atoms with E-state index in [2.05, 4.69) is 54.1 Å². The summed E-state index contributed by atoms with van der Waals surface area (Å²) in [5, 5.41) is 5.93. The van der Waals surface area contributed by atoms with Crippen molar-refractivity contribution in [1.29, 1.82) is 0 Å². The summed E-state index contributed by atoms with van der Waals surface area (Å²) in [6.45, 7) is 10.6. The van der Waals surface area contributed by atoms with Gasteiger partial charge in [0.1, 0.15) is 5.75 Å². The summed E-state index contributed by atoms with van der Waals surface area (Å²) in [6, 6.07) is 13.5. The van der Waals surface area contributed by atoms with Crippen molar-refractivity contribution in [3.8, 4) is 5.75 Å². The lowest BCUT2D eigenvalue weighted by Gasteiger charge is -2.35. The van der Waals surface area contributed by atoms with E-state index in [9.17, 15) is 0 Å². The average Bonchev–Trinajstić information content (AvgIpc) is 2.59. The normalized spacial score (nSPS) is 15.8. The standard InChI is InChI=1S/C20H26N2O.2ClH/c1-15(2)12-20(22-10-8-21-9-11-22)18-5-4-17-14-19(23-3)7-6-16(17)13-18;;/h4-7,13-14,20-21H,1,8-12H2,2-3H3;2*1H/t20-;;/m0../s1. The SMILES string of the molecule is C=C(C)C[C@@H](c1ccc2cc(OC)ccc2c1)N1CCNCC1.Cl.Cl. The summed E-state index contributed by atoms with van der Waals surface area (Å²) in [7, 11) is 1.71. The van der Waals surface area contributed by atoms with Crippen LogP contribution in [0.5, 0.6) is 5.75 Å². The Balaban J connectivity index is 0.00000156. The molecule has 25 heavy (non-hydrogen) atoms. The fourth-order valence-electron chi connectivity index (χ4n) is 3.36. The Bertz CT molecular complexity index is 699. The third-order valence-electron chi connectivity index (χ3n) is 4.59. The predicted octanol–water partition coefficient (Wildman–Crippen LogP) is 4.60. The van der Waals surface area contributed by atoms with Crippen LogP contribution in [0.2, 0.25) is 0 Å². The van der Waals surface area contributed by atoms with Gasteiger partial charge in [-0.3, -0.25) is 4.90 Å². The lowest BCUT2D eigenvalue weighted by atomic mass is 9.95. The Hall–Kier alpha value is -1.26. The highest BCUT2D eigenvalue weighted by atomic mass is 35.5. The second-order valence-electron chi connectivity index (χ2n) is 6.44. The van der Waals surface area contributed by atoms with Gasteiger partial charge in [0.05, 0.1) is 7.11 Å². The molecule has 2 aromatic carbocycles. The number of nitrogens with zero attached hydrogens (tertiary/aromatic N) is 1. The van der Waals surface area contributed by atoms with Crippen molar-refractivity contribution in [1.82, 2.24) is 10.2 Å². The molecule has 0 aliphatic carbocycles. The molecular formula is C20H28Cl2N2O. The van der Waals surface area contributed by atoms with E-state index < -0.39 is 0 Å². The fraction of sp³-hybridized carbons (Fsp3) is 0.400. The fourth-order valence-corrected chi connectivity index (χ4v) is 3.36. The van der Waals surface area contributed by atoms with E-state index in [-0.39, 0.29) is 24.8 Å². The van der Waals surface area contributed by atoms with Crippen molar-refractivity contribution in [2.45, 2.75) is 19.4 Å². The van der Waals surface area contributed by atoms with Gasteiger partial charge in [-0.25, -0.2) is 0 Å². The highest BCUT2D eigenvalue weighted by molar-refractivity contribution is 5.86. The molecule has 5 heteroatoms. The molecule has 1 saturated heterocycles. The molecule has 0 amide bonds. The molecule has 1 aliphatic rings. The number of nitrogens with one attached hydrogen (secondary N) is 1. The van der Waals surface area contributed by atoms with Crippen LogP contribution >= 0.6 is 24.8 Å². The Morgan fingerprint density at radius 3 is 2.40 bits per heavy atom. The summed E-state index contributed by atoms with van der Waals surface area (Å²) < 4.78 is 5.32. The monoisotopic (exact) mass is 382 g/mol. The molecule has 0 bridgehead atoms. The van der Waals surface area contributed by atoms with Crippen LogP contribution in [0.15, 0.2) is 48.6 Å². The Labute approximate surface area is 163 Å². The summed E-state index contributed by atoms with van der Waals surface area (Å²) in [5.41, 5.74) is 2.62. The van der Waals surface area contributed by atoms with Crippen LogP contribution in [0.4, 0.5) is 0 Å². The lowest BCUT2D eigenvalue weighted by molar-refractivity contribution is 0.172. The zero-order chi connectivity index (χ0) is 16.2. The summed E-state index contributed by atoms with van der Waals surface area (Å²) in [4.78, 5) is 2.58. The Morgan fingerprint density at radius 1 is 1.12 bits per heavy atom. The molecule has 1 aliphatic heterocycles. The van der Waals surface area contributed by atoms with Gasteiger partial charge in [0.2, 0.25) is 0 Å². The van der Waals surface area contributed by atoms with E-state index in [1.807, 2.05) is 6.07 Å². The van der Waals surface area contributed by atoms with E-state index in [0.29, 0.717) is 6.04 Å². The smallest absolute Gasteiger partial charge is 0.119 e. The summed E-state index contributed by atoms with van der Waals surface area (Å²) >= 11 is 0. The topological polar surface area (TPSA) is 24.5 Å². The average molecular weight is 383 g/mol. The molecule has 0 saturated carbocycles. The first-order chi connectivity index (χ1) is 11.2. The van der Waals surface area contributed by atoms with Crippen LogP contribution in [0.3, 0.4) is 0 Å². The van der Waals surface area contributed by atoms with Crippen molar-refractivity contribution in [2.75, 3.05) is 33.3 Å². The van der Waals surface area contributed by atoms with Gasteiger partial charge in [-0.15, -0.1) is 31.4 Å². The first kappa shape index (κ1) is 21.8. The highest BCUT2D eigenvalue weighted by Crippen LogP contribution is 2.31. The third kappa shape index (κ3) is 5.35. The first-order valence-corrected chi connectivity index (χ1v) is 8.34. The molecule has 1 heterocycles. The van der Waals surface area contributed by atoms with Crippen molar-refractivity contribution in [3.05, 3.63) is 54.1 Å². The van der Waals surface area contributed by atoms with E-state index in [1.165, 1.54) is 21.9 Å². The van der Waals surface area contributed by atoms with Crippen LogP contribution in [-0.2, 0) is 0 Å². The van der Waals surface area contributed by atoms with Crippen molar-refractivity contribution >= 4 is 35.6 Å². The number of benzene rings is 2. The molecule has 1 N–H and O–H groups in total. The summed E-state index contributed by atoms with van der Waals surface area (Å²) in [5.74, 6) is 0.908. The van der Waals surface area contributed by atoms with Gasteiger partial charge in [-0.2, -0.15) is 0 Å². The Morgan fingerprint density at radius 2 is 1.76 bits per heavy atom. The van der Waals surface area contributed by atoms with E-state index in [0.717, 1.165) is 38.3 Å². The Kier molecular flexibility index (Phi) is 8.74. The second kappa shape index (κ2) is 10.0. The second-order valence-corrected chi connectivity index (χ2v) is 6.44. The third-order valence-corrected chi connectivity index (χ3v) is 4.59. The maximum atomic E-state index is 5.32. The van der Waals surface area contributed by atoms with Gasteiger partial charge >= 0.3 is 0 Å². The number of fused-ring (bicyclic) bond motifs is 1. The van der Waals surface area contributed by atoms with Crippen LogP contribution in [0.25, 0.3) is 10.8 Å². The van der Waals surface area contributed by atoms with Gasteiger partial charge in [-0.1, -0.05) is 23.8 Å². The largest absolute Gasteiger partial charge is 0.497 e. The van der Waals surface area contributed by atoms with Gasteiger partial charge in [-0.05, 0) is 47.9 Å². The number of halogens is 2. The minimum absolute atomic E-state index is 0. The van der Waals surface area contributed by atoms with E-state index in [1.54, 1.807) is 7.11 Å². The van der Waals surface area contributed by atoms with E-state index in [4.69, 9.17) is 4.74 Å². The van der Waals surface area contributed by atoms with Crippen LogP contribution in [-0.4, -0.2) is 38.2 Å². The molecule has 0 radical (unpaired) electrons. The molecule has 2 aromatic rings. The number of hydrogen-bond acceptors (Lipinski definition) is 3. The van der Waals surface area contributed by atoms with Gasteiger partial charge < -0.3 is 10.1 Å². The van der Waals surface area contributed by atoms with Crippen LogP contribution in [0.1, 0.15) is 24.9 Å². The maximum Gasteiger partial charge on any atom is 0.119 e. The van der Waals surface area contributed by atoms with Gasteiger partial charge in [0, 0.05) is 32.2 Å². The first-order valence-electron chi connectivity index (χ1n) is 8.34.